The number of benzene rings is 1. The van der Waals surface area contributed by atoms with Gasteiger partial charge in [0.25, 0.3) is 0 Å². The van der Waals surface area contributed by atoms with Crippen LogP contribution in [0.25, 0.3) is 0 Å². The third-order valence-corrected chi connectivity index (χ3v) is 4.81. The average molecular weight is 291 g/mol. The lowest BCUT2D eigenvalue weighted by atomic mass is 9.96. The van der Waals surface area contributed by atoms with Crippen molar-refractivity contribution in [3.05, 3.63) is 29.1 Å². The molecule has 0 spiro atoms. The first-order valence-corrected chi connectivity index (χ1v) is 7.65. The van der Waals surface area contributed by atoms with Gasteiger partial charge in [-0.15, -0.1) is 0 Å². The van der Waals surface area contributed by atoms with Gasteiger partial charge in [0.2, 0.25) is 5.91 Å². The predicted molar refractivity (Wildman–Crippen MR) is 80.9 cm³/mol. The molecule has 3 rings (SSSR count). The van der Waals surface area contributed by atoms with E-state index in [0.29, 0.717) is 23.3 Å². The van der Waals surface area contributed by atoms with Crippen molar-refractivity contribution in [3.8, 4) is 0 Å². The molecule has 4 nitrogen and oxygen atoms in total. The molecule has 2 unspecified atom stereocenters. The van der Waals surface area contributed by atoms with Crippen LogP contribution in [0, 0.1) is 12.7 Å². The second-order valence-corrected chi connectivity index (χ2v) is 6.19. The van der Waals surface area contributed by atoms with Gasteiger partial charge >= 0.3 is 0 Å². The minimum atomic E-state index is -0.595. The van der Waals surface area contributed by atoms with Crippen LogP contribution in [0.3, 0.4) is 0 Å². The molecule has 2 heterocycles. The van der Waals surface area contributed by atoms with Crippen LogP contribution < -0.4 is 11.1 Å². The number of rotatable bonds is 3. The van der Waals surface area contributed by atoms with E-state index in [9.17, 15) is 9.18 Å². The molecule has 2 aliphatic heterocycles. The van der Waals surface area contributed by atoms with Crippen LogP contribution in [0.5, 0.6) is 0 Å². The third-order valence-electron chi connectivity index (χ3n) is 4.81. The Morgan fingerprint density at radius 1 is 1.38 bits per heavy atom. The van der Waals surface area contributed by atoms with E-state index in [0.717, 1.165) is 19.4 Å². The average Bonchev–Trinajstić information content (AvgIpc) is 2.91. The van der Waals surface area contributed by atoms with E-state index in [1.807, 2.05) is 0 Å². The van der Waals surface area contributed by atoms with E-state index in [1.165, 1.54) is 25.5 Å². The summed E-state index contributed by atoms with van der Waals surface area (Å²) in [5, 5.41) is 3.42. The molecular formula is C16H22FN3O. The van der Waals surface area contributed by atoms with Crippen LogP contribution in [0.1, 0.15) is 41.6 Å². The fourth-order valence-electron chi connectivity index (χ4n) is 3.55. The summed E-state index contributed by atoms with van der Waals surface area (Å²) in [5.41, 5.74) is 6.73. The van der Waals surface area contributed by atoms with Gasteiger partial charge in [-0.1, -0.05) is 0 Å². The second-order valence-electron chi connectivity index (χ2n) is 6.19. The minimum Gasteiger partial charge on any atom is -0.382 e. The lowest BCUT2D eigenvalue weighted by molar-refractivity contribution is 0.1000. The summed E-state index contributed by atoms with van der Waals surface area (Å²) in [4.78, 5) is 13.8. The zero-order valence-electron chi connectivity index (χ0n) is 12.4. The van der Waals surface area contributed by atoms with Gasteiger partial charge in [0.05, 0.1) is 0 Å². The van der Waals surface area contributed by atoms with E-state index in [-0.39, 0.29) is 11.4 Å². The first-order chi connectivity index (χ1) is 10.0. The monoisotopic (exact) mass is 291 g/mol. The Bertz CT molecular complexity index is 561. The fourth-order valence-corrected chi connectivity index (χ4v) is 3.55. The van der Waals surface area contributed by atoms with Crippen molar-refractivity contribution in [2.45, 2.75) is 44.7 Å². The van der Waals surface area contributed by atoms with Gasteiger partial charge in [-0.05, 0) is 51.3 Å². The van der Waals surface area contributed by atoms with Crippen molar-refractivity contribution in [2.75, 3.05) is 18.4 Å². The fraction of sp³-hybridized carbons (Fsp3) is 0.562. The lowest BCUT2D eigenvalue weighted by Crippen LogP contribution is -2.42. The Labute approximate surface area is 124 Å². The molecule has 1 aromatic carbocycles. The van der Waals surface area contributed by atoms with Crippen molar-refractivity contribution in [3.63, 3.8) is 0 Å². The Kier molecular flexibility index (Phi) is 3.85. The van der Waals surface area contributed by atoms with Gasteiger partial charge in [-0.25, -0.2) is 4.39 Å². The molecule has 2 aliphatic rings. The van der Waals surface area contributed by atoms with Gasteiger partial charge in [0.1, 0.15) is 5.82 Å². The highest BCUT2D eigenvalue weighted by Gasteiger charge is 2.31. The number of anilines is 1. The maximum atomic E-state index is 13.9. The Morgan fingerprint density at radius 3 is 2.95 bits per heavy atom. The summed E-state index contributed by atoms with van der Waals surface area (Å²) in [7, 11) is 0. The largest absolute Gasteiger partial charge is 0.382 e. The number of nitrogens with two attached hydrogens (primary N) is 1. The predicted octanol–water partition coefficient (Wildman–Crippen LogP) is 2.27. The standard InChI is InChI=1S/C16H22FN3O/c1-10-14(17)7-11(16(18)21)8-15(10)19-12-4-6-20-5-2-3-13(20)9-12/h7-8,12-13,19H,2-6,9H2,1H3,(H2,18,21). The normalized spacial score (nSPS) is 25.6. The molecule has 5 heteroatoms. The number of nitrogens with zero attached hydrogens (tertiary/aromatic N) is 1. The first-order valence-electron chi connectivity index (χ1n) is 7.65. The summed E-state index contributed by atoms with van der Waals surface area (Å²) >= 11 is 0. The van der Waals surface area contributed by atoms with Crippen molar-refractivity contribution in [1.82, 2.24) is 4.90 Å². The summed E-state index contributed by atoms with van der Waals surface area (Å²) in [6.45, 7) is 4.04. The second kappa shape index (κ2) is 5.64. The minimum absolute atomic E-state index is 0.221. The quantitative estimate of drug-likeness (QED) is 0.898. The van der Waals surface area contributed by atoms with Gasteiger partial charge in [0.15, 0.2) is 0 Å². The Morgan fingerprint density at radius 2 is 2.19 bits per heavy atom. The number of carbonyl (C=O) groups excluding carboxylic acids is 1. The van der Waals surface area contributed by atoms with E-state index in [2.05, 4.69) is 10.2 Å². The van der Waals surface area contributed by atoms with E-state index in [4.69, 9.17) is 5.73 Å². The molecule has 1 amide bonds. The Hall–Kier alpha value is -1.62. The number of carbonyl (C=O) groups is 1. The molecule has 3 N–H and O–H groups in total. The highest BCUT2D eigenvalue weighted by atomic mass is 19.1. The van der Waals surface area contributed by atoms with Crippen molar-refractivity contribution >= 4 is 11.6 Å². The zero-order valence-corrected chi connectivity index (χ0v) is 12.4. The number of amides is 1. The maximum absolute atomic E-state index is 13.9. The SMILES string of the molecule is Cc1c(F)cc(C(N)=O)cc1NC1CCN2CCCC2C1. The van der Waals surface area contributed by atoms with Crippen LogP contribution in [-0.4, -0.2) is 36.0 Å². The molecule has 21 heavy (non-hydrogen) atoms. The number of fused-ring (bicyclic) bond motifs is 1. The first kappa shape index (κ1) is 14.3. The topological polar surface area (TPSA) is 58.4 Å². The van der Waals surface area contributed by atoms with Crippen molar-refractivity contribution < 1.29 is 9.18 Å². The summed E-state index contributed by atoms with van der Waals surface area (Å²) in [6.07, 6.45) is 4.68. The van der Waals surface area contributed by atoms with Crippen LogP contribution in [0.4, 0.5) is 10.1 Å². The number of halogens is 1. The lowest BCUT2D eigenvalue weighted by Gasteiger charge is -2.35. The van der Waals surface area contributed by atoms with E-state index in [1.54, 1.807) is 13.0 Å². The number of nitrogens with one attached hydrogen (secondary N) is 1. The number of hydrogen-bond donors (Lipinski definition) is 2. The van der Waals surface area contributed by atoms with Crippen LogP contribution in [-0.2, 0) is 0 Å². The zero-order chi connectivity index (χ0) is 15.0. The molecule has 2 saturated heterocycles. The van der Waals surface area contributed by atoms with Crippen LogP contribution in [0.2, 0.25) is 0 Å². The number of primary amides is 1. The maximum Gasteiger partial charge on any atom is 0.248 e. The molecule has 1 aromatic rings. The van der Waals surface area contributed by atoms with Gasteiger partial charge in [-0.3, -0.25) is 4.79 Å². The Balaban J connectivity index is 1.76. The smallest absolute Gasteiger partial charge is 0.248 e. The molecule has 2 atom stereocenters. The highest BCUT2D eigenvalue weighted by Crippen LogP contribution is 2.30. The molecule has 0 aliphatic carbocycles. The van der Waals surface area contributed by atoms with Crippen molar-refractivity contribution in [2.24, 2.45) is 5.73 Å². The van der Waals surface area contributed by atoms with E-state index < -0.39 is 5.91 Å². The molecule has 2 fully saturated rings. The molecule has 0 bridgehead atoms. The summed E-state index contributed by atoms with van der Waals surface area (Å²) in [6, 6.07) is 3.87. The van der Waals surface area contributed by atoms with Crippen molar-refractivity contribution in [1.29, 1.82) is 0 Å². The molecule has 0 aromatic heterocycles. The summed E-state index contributed by atoms with van der Waals surface area (Å²) < 4.78 is 13.9. The molecule has 114 valence electrons. The van der Waals surface area contributed by atoms with Gasteiger partial charge in [0, 0.05) is 35.4 Å². The van der Waals surface area contributed by atoms with Gasteiger partial charge in [-0.2, -0.15) is 0 Å². The molecular weight excluding hydrogens is 269 g/mol. The molecule has 0 radical (unpaired) electrons. The number of hydrogen-bond acceptors (Lipinski definition) is 3. The highest BCUT2D eigenvalue weighted by molar-refractivity contribution is 5.94. The van der Waals surface area contributed by atoms with Crippen LogP contribution >= 0.6 is 0 Å². The third kappa shape index (κ3) is 2.88. The number of piperidine rings is 1. The van der Waals surface area contributed by atoms with Gasteiger partial charge < -0.3 is 16.0 Å². The summed E-state index contributed by atoms with van der Waals surface area (Å²) in [5.74, 6) is -0.977. The van der Waals surface area contributed by atoms with E-state index >= 15 is 0 Å². The molecule has 0 saturated carbocycles. The van der Waals surface area contributed by atoms with Crippen LogP contribution in [0.15, 0.2) is 12.1 Å².